The number of hydrazone groups is 1. The summed E-state index contributed by atoms with van der Waals surface area (Å²) >= 11 is 0. The minimum absolute atomic E-state index is 0.169. The van der Waals surface area contributed by atoms with Crippen LogP contribution in [0.25, 0.3) is 0 Å². The van der Waals surface area contributed by atoms with Crippen molar-refractivity contribution in [1.82, 2.24) is 9.73 Å². The fraction of sp³-hybridized carbons (Fsp3) is 0.467. The number of hydrogen-bond donors (Lipinski definition) is 1. The number of hydrogen-bond acceptors (Lipinski definition) is 5. The molecule has 0 aromatic heterocycles. The molecule has 1 aromatic rings. The van der Waals surface area contributed by atoms with Crippen LogP contribution in [-0.4, -0.2) is 50.6 Å². The Balaban J connectivity index is 1.87. The third kappa shape index (κ3) is 2.77. The molecule has 0 spiro atoms. The molecule has 0 atom stereocenters. The first-order chi connectivity index (χ1) is 10.8. The van der Waals surface area contributed by atoms with Crippen molar-refractivity contribution < 1.29 is 17.9 Å². The van der Waals surface area contributed by atoms with E-state index >= 15 is 0 Å². The summed E-state index contributed by atoms with van der Waals surface area (Å²) in [7, 11) is -3.51. The van der Waals surface area contributed by atoms with Crippen molar-refractivity contribution in [3.63, 3.8) is 0 Å². The first kappa shape index (κ1) is 16.1. The number of ether oxygens (including phenoxy) is 1. The summed E-state index contributed by atoms with van der Waals surface area (Å²) in [6.45, 7) is 5.12. The summed E-state index contributed by atoms with van der Waals surface area (Å²) in [5.74, 6) is -0.169. The van der Waals surface area contributed by atoms with Gasteiger partial charge in [0.05, 0.1) is 29.2 Å². The molecule has 1 N–H and O–H groups in total. The second-order valence-corrected chi connectivity index (χ2v) is 8.01. The van der Waals surface area contributed by atoms with Crippen LogP contribution in [0, 0.1) is 5.41 Å². The first-order valence-corrected chi connectivity index (χ1v) is 8.84. The van der Waals surface area contributed by atoms with Crippen molar-refractivity contribution in [2.75, 3.05) is 26.3 Å². The van der Waals surface area contributed by atoms with Crippen LogP contribution in [0.1, 0.15) is 19.4 Å². The number of sulfonamides is 1. The normalized spacial score (nSPS) is 21.8. The van der Waals surface area contributed by atoms with Gasteiger partial charge in [-0.3, -0.25) is 4.79 Å². The van der Waals surface area contributed by atoms with Gasteiger partial charge < -0.3 is 4.74 Å². The van der Waals surface area contributed by atoms with Gasteiger partial charge in [-0.1, -0.05) is 12.1 Å². The maximum absolute atomic E-state index is 12.6. The topological polar surface area (TPSA) is 88.1 Å². The molecule has 0 saturated carbocycles. The Morgan fingerprint density at radius 2 is 1.78 bits per heavy atom. The van der Waals surface area contributed by atoms with Crippen LogP contribution in [0.3, 0.4) is 0 Å². The second-order valence-electron chi connectivity index (χ2n) is 6.07. The number of nitrogens with zero attached hydrogens (tertiary/aromatic N) is 2. The Bertz CT molecular complexity index is 747. The van der Waals surface area contributed by atoms with E-state index in [-0.39, 0.29) is 10.8 Å². The smallest absolute Gasteiger partial charge is 0.251 e. The maximum atomic E-state index is 12.6. The van der Waals surface area contributed by atoms with Gasteiger partial charge >= 0.3 is 0 Å². The molecule has 124 valence electrons. The van der Waals surface area contributed by atoms with Gasteiger partial charge in [0.25, 0.3) is 5.91 Å². The standard InChI is InChI=1S/C15H19N3O4S/c1-15(2)13(16-17-14(15)19)11-3-5-12(6-4-11)23(20,21)18-7-9-22-10-8-18/h3-6H,7-10H2,1-2H3,(H,17,19). The number of amides is 1. The number of rotatable bonds is 3. The summed E-state index contributed by atoms with van der Waals surface area (Å²) in [6, 6.07) is 6.49. The van der Waals surface area contributed by atoms with Crippen LogP contribution >= 0.6 is 0 Å². The van der Waals surface area contributed by atoms with E-state index in [9.17, 15) is 13.2 Å². The SMILES string of the molecule is CC1(C)C(=O)NN=C1c1ccc(S(=O)(=O)N2CCOCC2)cc1. The van der Waals surface area contributed by atoms with Crippen LogP contribution in [0.5, 0.6) is 0 Å². The number of benzene rings is 1. The van der Waals surface area contributed by atoms with E-state index in [1.54, 1.807) is 38.1 Å². The number of carbonyl (C=O) groups is 1. The third-order valence-corrected chi connectivity index (χ3v) is 6.08. The predicted molar refractivity (Wildman–Crippen MR) is 84.5 cm³/mol. The minimum atomic E-state index is -3.51. The molecule has 2 heterocycles. The fourth-order valence-corrected chi connectivity index (χ4v) is 4.05. The van der Waals surface area contributed by atoms with Crippen LogP contribution in [0.15, 0.2) is 34.3 Å². The molecule has 23 heavy (non-hydrogen) atoms. The number of nitrogens with one attached hydrogen (secondary N) is 1. The molecule has 1 fully saturated rings. The molecule has 0 bridgehead atoms. The lowest BCUT2D eigenvalue weighted by atomic mass is 9.84. The van der Waals surface area contributed by atoms with Crippen LogP contribution in [0.4, 0.5) is 0 Å². The average molecular weight is 337 g/mol. The summed E-state index contributed by atoms with van der Waals surface area (Å²) in [5.41, 5.74) is 3.07. The molecule has 7 nitrogen and oxygen atoms in total. The van der Waals surface area contributed by atoms with Crippen molar-refractivity contribution in [2.24, 2.45) is 10.5 Å². The zero-order valence-corrected chi connectivity index (χ0v) is 13.9. The lowest BCUT2D eigenvalue weighted by molar-refractivity contribution is -0.125. The average Bonchev–Trinajstić information content (AvgIpc) is 2.82. The fourth-order valence-electron chi connectivity index (χ4n) is 2.64. The van der Waals surface area contributed by atoms with E-state index in [0.29, 0.717) is 32.0 Å². The predicted octanol–water partition coefficient (Wildman–Crippen LogP) is 0.568. The summed E-state index contributed by atoms with van der Waals surface area (Å²) in [6.07, 6.45) is 0. The third-order valence-electron chi connectivity index (χ3n) is 4.16. The molecule has 8 heteroatoms. The second kappa shape index (κ2) is 5.70. The van der Waals surface area contributed by atoms with E-state index in [1.807, 2.05) is 0 Å². The largest absolute Gasteiger partial charge is 0.379 e. The van der Waals surface area contributed by atoms with Gasteiger partial charge in [-0.25, -0.2) is 13.8 Å². The van der Waals surface area contributed by atoms with Gasteiger partial charge in [0.15, 0.2) is 0 Å². The van der Waals surface area contributed by atoms with Crippen LogP contribution in [-0.2, 0) is 19.6 Å². The van der Waals surface area contributed by atoms with Crippen LogP contribution in [0.2, 0.25) is 0 Å². The molecule has 0 aliphatic carbocycles. The van der Waals surface area contributed by atoms with E-state index < -0.39 is 15.4 Å². The van der Waals surface area contributed by atoms with E-state index in [4.69, 9.17) is 4.74 Å². The molecular formula is C15H19N3O4S. The van der Waals surface area contributed by atoms with Gasteiger partial charge in [-0.05, 0) is 31.5 Å². The van der Waals surface area contributed by atoms with Gasteiger partial charge in [-0.2, -0.15) is 9.41 Å². The van der Waals surface area contributed by atoms with Gasteiger partial charge in [0.1, 0.15) is 0 Å². The van der Waals surface area contributed by atoms with E-state index in [1.165, 1.54) is 4.31 Å². The van der Waals surface area contributed by atoms with Gasteiger partial charge in [0, 0.05) is 13.1 Å². The van der Waals surface area contributed by atoms with Gasteiger partial charge in [0.2, 0.25) is 10.0 Å². The highest BCUT2D eigenvalue weighted by Gasteiger charge is 2.39. The lowest BCUT2D eigenvalue weighted by Crippen LogP contribution is -2.40. The highest BCUT2D eigenvalue weighted by Crippen LogP contribution is 2.28. The monoisotopic (exact) mass is 337 g/mol. The molecule has 1 amide bonds. The molecule has 1 saturated heterocycles. The Morgan fingerprint density at radius 1 is 1.17 bits per heavy atom. The molecule has 3 rings (SSSR count). The molecular weight excluding hydrogens is 318 g/mol. The number of carbonyl (C=O) groups excluding carboxylic acids is 1. The summed E-state index contributed by atoms with van der Waals surface area (Å²) in [4.78, 5) is 12.0. The quantitative estimate of drug-likeness (QED) is 0.873. The van der Waals surface area contributed by atoms with E-state index in [2.05, 4.69) is 10.5 Å². The van der Waals surface area contributed by atoms with Crippen molar-refractivity contribution in [3.8, 4) is 0 Å². The Hall–Kier alpha value is -1.77. The Morgan fingerprint density at radius 3 is 2.30 bits per heavy atom. The highest BCUT2D eigenvalue weighted by molar-refractivity contribution is 7.89. The van der Waals surface area contributed by atoms with Crippen molar-refractivity contribution >= 4 is 21.6 Å². The molecule has 2 aliphatic rings. The maximum Gasteiger partial charge on any atom is 0.251 e. The molecule has 0 radical (unpaired) electrons. The Labute approximate surface area is 135 Å². The Kier molecular flexibility index (Phi) is 3.99. The molecule has 1 aromatic carbocycles. The lowest BCUT2D eigenvalue weighted by Gasteiger charge is -2.26. The zero-order valence-electron chi connectivity index (χ0n) is 13.1. The summed E-state index contributed by atoms with van der Waals surface area (Å²) in [5, 5.41) is 4.06. The van der Waals surface area contributed by atoms with Crippen molar-refractivity contribution in [3.05, 3.63) is 29.8 Å². The first-order valence-electron chi connectivity index (χ1n) is 7.40. The zero-order chi connectivity index (χ0) is 16.7. The van der Waals surface area contributed by atoms with E-state index in [0.717, 1.165) is 5.56 Å². The van der Waals surface area contributed by atoms with Gasteiger partial charge in [-0.15, -0.1) is 0 Å². The molecule has 0 unspecified atom stereocenters. The number of morpholine rings is 1. The molecule has 2 aliphatic heterocycles. The van der Waals surface area contributed by atoms with Crippen molar-refractivity contribution in [2.45, 2.75) is 18.7 Å². The summed E-state index contributed by atoms with van der Waals surface area (Å²) < 4.78 is 31.8. The van der Waals surface area contributed by atoms with Crippen LogP contribution < -0.4 is 5.43 Å². The minimum Gasteiger partial charge on any atom is -0.379 e. The highest BCUT2D eigenvalue weighted by atomic mass is 32.2. The van der Waals surface area contributed by atoms with Crippen molar-refractivity contribution in [1.29, 1.82) is 0 Å².